The van der Waals surface area contributed by atoms with Crippen LogP contribution in [0, 0.1) is 0 Å². The summed E-state index contributed by atoms with van der Waals surface area (Å²) in [5.74, 6) is 0.979. The van der Waals surface area contributed by atoms with E-state index in [9.17, 15) is 4.79 Å². The highest BCUT2D eigenvalue weighted by molar-refractivity contribution is 8.00. The molecule has 1 rings (SSSR count). The first-order chi connectivity index (χ1) is 6.63. The lowest BCUT2D eigenvalue weighted by Crippen LogP contribution is -2.46. The summed E-state index contributed by atoms with van der Waals surface area (Å²) < 4.78 is 0. The Morgan fingerprint density at radius 2 is 2.36 bits per heavy atom. The average molecular weight is 214 g/mol. The Labute approximate surface area is 89.5 Å². The van der Waals surface area contributed by atoms with Crippen LogP contribution < -0.4 is 11.1 Å². The van der Waals surface area contributed by atoms with E-state index < -0.39 is 0 Å². The van der Waals surface area contributed by atoms with Crippen LogP contribution in [0.1, 0.15) is 33.1 Å². The Kier molecular flexibility index (Phi) is 4.32. The summed E-state index contributed by atoms with van der Waals surface area (Å²) in [6.07, 6.45) is 2.85. The van der Waals surface area contributed by atoms with Crippen LogP contribution in [-0.4, -0.2) is 17.0 Å². The SMILES string of the molecule is CCC/C(C)=C(\N)CSC1CC(=O)N1. The number of nitrogens with one attached hydrogen (secondary N) is 1. The van der Waals surface area contributed by atoms with Gasteiger partial charge in [-0.25, -0.2) is 0 Å². The molecule has 0 aliphatic carbocycles. The van der Waals surface area contributed by atoms with Crippen LogP contribution in [-0.2, 0) is 4.79 Å². The van der Waals surface area contributed by atoms with E-state index in [-0.39, 0.29) is 11.3 Å². The fraction of sp³-hybridized carbons (Fsp3) is 0.700. The third-order valence-electron chi connectivity index (χ3n) is 2.31. The smallest absolute Gasteiger partial charge is 0.223 e. The van der Waals surface area contributed by atoms with Gasteiger partial charge in [0.05, 0.1) is 11.8 Å². The van der Waals surface area contributed by atoms with E-state index in [0.29, 0.717) is 6.42 Å². The van der Waals surface area contributed by atoms with Gasteiger partial charge in [-0.2, -0.15) is 0 Å². The Morgan fingerprint density at radius 1 is 1.71 bits per heavy atom. The van der Waals surface area contributed by atoms with Crippen LogP contribution in [0.2, 0.25) is 0 Å². The molecule has 1 fully saturated rings. The van der Waals surface area contributed by atoms with Crippen molar-refractivity contribution < 1.29 is 4.79 Å². The average Bonchev–Trinajstić information content (AvgIpc) is 2.10. The number of nitrogens with two attached hydrogens (primary N) is 1. The van der Waals surface area contributed by atoms with E-state index in [1.54, 1.807) is 11.8 Å². The predicted octanol–water partition coefficient (Wildman–Crippen LogP) is 1.60. The highest BCUT2D eigenvalue weighted by Crippen LogP contribution is 2.21. The van der Waals surface area contributed by atoms with Crippen molar-refractivity contribution in [2.24, 2.45) is 5.73 Å². The maximum absolute atomic E-state index is 10.6. The molecule has 1 amide bonds. The zero-order valence-electron chi connectivity index (χ0n) is 8.80. The molecule has 14 heavy (non-hydrogen) atoms. The van der Waals surface area contributed by atoms with Crippen LogP contribution >= 0.6 is 11.8 Å². The predicted molar refractivity (Wildman–Crippen MR) is 60.8 cm³/mol. The zero-order chi connectivity index (χ0) is 10.6. The number of hydrogen-bond acceptors (Lipinski definition) is 3. The molecule has 1 aliphatic rings. The maximum atomic E-state index is 10.6. The minimum Gasteiger partial charge on any atom is -0.401 e. The number of thioether (sulfide) groups is 1. The van der Waals surface area contributed by atoms with Gasteiger partial charge in [0.2, 0.25) is 5.91 Å². The Balaban J connectivity index is 2.23. The van der Waals surface area contributed by atoms with Gasteiger partial charge in [0.25, 0.3) is 0 Å². The number of rotatable bonds is 5. The van der Waals surface area contributed by atoms with Gasteiger partial charge in [0.1, 0.15) is 0 Å². The number of carbonyl (C=O) groups excluding carboxylic acids is 1. The highest BCUT2D eigenvalue weighted by Gasteiger charge is 2.25. The van der Waals surface area contributed by atoms with Crippen molar-refractivity contribution in [2.75, 3.05) is 5.75 Å². The van der Waals surface area contributed by atoms with Crippen molar-refractivity contribution in [1.82, 2.24) is 5.32 Å². The van der Waals surface area contributed by atoms with Gasteiger partial charge in [0, 0.05) is 11.4 Å². The van der Waals surface area contributed by atoms with Crippen molar-refractivity contribution in [3.8, 4) is 0 Å². The normalized spacial score (nSPS) is 22.4. The standard InChI is InChI=1S/C10H18N2OS/c1-3-4-7(2)8(11)6-14-10-5-9(13)12-10/h10H,3-6,11H2,1-2H3,(H,12,13)/b8-7-. The van der Waals surface area contributed by atoms with E-state index in [4.69, 9.17) is 5.73 Å². The summed E-state index contributed by atoms with van der Waals surface area (Å²) in [6, 6.07) is 0. The first kappa shape index (κ1) is 11.4. The molecular formula is C10H18N2OS. The van der Waals surface area contributed by atoms with Gasteiger partial charge in [-0.05, 0) is 13.3 Å². The largest absolute Gasteiger partial charge is 0.401 e. The molecule has 0 radical (unpaired) electrons. The van der Waals surface area contributed by atoms with Gasteiger partial charge < -0.3 is 11.1 Å². The second kappa shape index (κ2) is 5.29. The molecule has 0 aromatic carbocycles. The van der Waals surface area contributed by atoms with Gasteiger partial charge >= 0.3 is 0 Å². The summed E-state index contributed by atoms with van der Waals surface area (Å²) in [7, 11) is 0. The van der Waals surface area contributed by atoms with Crippen molar-refractivity contribution in [1.29, 1.82) is 0 Å². The molecule has 1 heterocycles. The third-order valence-corrected chi connectivity index (χ3v) is 3.47. The number of carbonyl (C=O) groups is 1. The van der Waals surface area contributed by atoms with E-state index >= 15 is 0 Å². The number of amides is 1. The lowest BCUT2D eigenvalue weighted by molar-refractivity contribution is -0.126. The highest BCUT2D eigenvalue weighted by atomic mass is 32.2. The summed E-state index contributed by atoms with van der Waals surface area (Å²) in [4.78, 5) is 10.6. The van der Waals surface area contributed by atoms with Gasteiger partial charge in [0.15, 0.2) is 0 Å². The minimum atomic E-state index is 0.148. The first-order valence-corrected chi connectivity index (χ1v) is 6.03. The van der Waals surface area contributed by atoms with E-state index in [1.807, 2.05) is 0 Å². The third kappa shape index (κ3) is 3.25. The molecule has 0 spiro atoms. The molecule has 3 N–H and O–H groups in total. The quantitative estimate of drug-likeness (QED) is 0.683. The van der Waals surface area contributed by atoms with Crippen molar-refractivity contribution >= 4 is 17.7 Å². The molecule has 4 heteroatoms. The van der Waals surface area contributed by atoms with Crippen LogP contribution in [0.25, 0.3) is 0 Å². The molecule has 0 aromatic heterocycles. The molecule has 1 saturated heterocycles. The summed E-state index contributed by atoms with van der Waals surface area (Å²) in [6.45, 7) is 4.23. The maximum Gasteiger partial charge on any atom is 0.223 e. The summed E-state index contributed by atoms with van der Waals surface area (Å²) in [5.41, 5.74) is 8.16. The van der Waals surface area contributed by atoms with E-state index in [0.717, 1.165) is 24.3 Å². The first-order valence-electron chi connectivity index (χ1n) is 4.98. The second-order valence-electron chi connectivity index (χ2n) is 3.63. The van der Waals surface area contributed by atoms with Gasteiger partial charge in [-0.1, -0.05) is 18.9 Å². The van der Waals surface area contributed by atoms with Crippen LogP contribution in [0.5, 0.6) is 0 Å². The molecule has 1 unspecified atom stereocenters. The van der Waals surface area contributed by atoms with Crippen LogP contribution in [0.15, 0.2) is 11.3 Å². The molecule has 0 bridgehead atoms. The minimum absolute atomic E-state index is 0.148. The van der Waals surface area contributed by atoms with Crippen LogP contribution in [0.3, 0.4) is 0 Å². The summed E-state index contributed by atoms with van der Waals surface area (Å²) >= 11 is 1.71. The molecular weight excluding hydrogens is 196 g/mol. The fourth-order valence-corrected chi connectivity index (χ4v) is 2.39. The Hall–Kier alpha value is -0.640. The second-order valence-corrected chi connectivity index (χ2v) is 4.82. The number of allylic oxidation sites excluding steroid dienone is 1. The van der Waals surface area contributed by atoms with E-state index in [2.05, 4.69) is 19.2 Å². The van der Waals surface area contributed by atoms with Crippen molar-refractivity contribution in [2.45, 2.75) is 38.5 Å². The topological polar surface area (TPSA) is 55.1 Å². The van der Waals surface area contributed by atoms with Gasteiger partial charge in [-0.15, -0.1) is 11.8 Å². The van der Waals surface area contributed by atoms with E-state index in [1.165, 1.54) is 5.57 Å². The molecule has 3 nitrogen and oxygen atoms in total. The lowest BCUT2D eigenvalue weighted by Gasteiger charge is -2.26. The van der Waals surface area contributed by atoms with Gasteiger partial charge in [-0.3, -0.25) is 4.79 Å². The lowest BCUT2D eigenvalue weighted by atomic mass is 10.1. The molecule has 1 atom stereocenters. The molecule has 1 aliphatic heterocycles. The summed E-state index contributed by atoms with van der Waals surface area (Å²) in [5, 5.41) is 3.10. The van der Waals surface area contributed by atoms with Crippen molar-refractivity contribution in [3.63, 3.8) is 0 Å². The van der Waals surface area contributed by atoms with Crippen LogP contribution in [0.4, 0.5) is 0 Å². The zero-order valence-corrected chi connectivity index (χ0v) is 9.62. The molecule has 80 valence electrons. The number of β-lactam (4-membered cyclic amide) rings is 1. The Morgan fingerprint density at radius 3 is 2.86 bits per heavy atom. The Bertz CT molecular complexity index is 243. The fourth-order valence-electron chi connectivity index (χ4n) is 1.28. The number of hydrogen-bond donors (Lipinski definition) is 2. The molecule has 0 saturated carbocycles. The monoisotopic (exact) mass is 214 g/mol. The molecule has 0 aromatic rings. The van der Waals surface area contributed by atoms with Crippen molar-refractivity contribution in [3.05, 3.63) is 11.3 Å².